The molecule has 0 aliphatic carbocycles. The lowest BCUT2D eigenvalue weighted by Crippen LogP contribution is -2.59. The third kappa shape index (κ3) is 3.25. The second-order valence-corrected chi connectivity index (χ2v) is 6.43. The van der Waals surface area contributed by atoms with Crippen LogP contribution in [0.3, 0.4) is 0 Å². The fraction of sp³-hybridized carbons (Fsp3) is 0.700. The number of nitrogens with zero attached hydrogens (tertiary/aromatic N) is 1. The number of aliphatic carboxylic acids is 1. The monoisotopic (exact) mass is 308 g/mol. The largest absolute Gasteiger partial charge is 0.481 e. The van der Waals surface area contributed by atoms with E-state index in [-0.39, 0.29) is 13.1 Å². The van der Waals surface area contributed by atoms with Crippen molar-refractivity contribution in [1.82, 2.24) is 9.62 Å². The van der Waals surface area contributed by atoms with Crippen molar-refractivity contribution in [3.05, 3.63) is 0 Å². The maximum atomic E-state index is 12.3. The summed E-state index contributed by atoms with van der Waals surface area (Å²) in [6, 6.07) is -1.36. The van der Waals surface area contributed by atoms with Gasteiger partial charge in [-0.05, 0) is 6.92 Å². The van der Waals surface area contributed by atoms with E-state index in [9.17, 15) is 22.8 Å². The van der Waals surface area contributed by atoms with Gasteiger partial charge in [0.05, 0.1) is 13.5 Å². The highest BCUT2D eigenvalue weighted by atomic mass is 32.2. The number of carbonyl (C=O) groups excluding carboxylic acids is 2. The summed E-state index contributed by atoms with van der Waals surface area (Å²) in [6.07, 6.45) is -0.668. The fourth-order valence-corrected chi connectivity index (χ4v) is 3.47. The molecule has 0 aromatic heterocycles. The lowest BCUT2D eigenvalue weighted by atomic mass is 10.1. The van der Waals surface area contributed by atoms with Crippen LogP contribution in [0.4, 0.5) is 0 Å². The summed E-state index contributed by atoms with van der Waals surface area (Å²) < 4.78 is 29.7. The zero-order chi connectivity index (χ0) is 15.5. The van der Waals surface area contributed by atoms with E-state index in [1.807, 2.05) is 0 Å². The van der Waals surface area contributed by atoms with Gasteiger partial charge in [-0.2, -0.15) is 4.31 Å². The number of ether oxygens (including phenoxy) is 1. The SMILES string of the molecule is COC(=O)C(C)S(=O)(=O)N1CCNC(=O)C1CC(=O)O. The van der Waals surface area contributed by atoms with Gasteiger partial charge in [-0.1, -0.05) is 0 Å². The Morgan fingerprint density at radius 3 is 2.65 bits per heavy atom. The van der Waals surface area contributed by atoms with Gasteiger partial charge in [0.2, 0.25) is 15.9 Å². The van der Waals surface area contributed by atoms with E-state index in [0.29, 0.717) is 0 Å². The number of amides is 1. The van der Waals surface area contributed by atoms with Crippen LogP contribution in [-0.4, -0.2) is 67.2 Å². The van der Waals surface area contributed by atoms with E-state index >= 15 is 0 Å². The molecule has 2 atom stereocenters. The molecule has 9 nitrogen and oxygen atoms in total. The lowest BCUT2D eigenvalue weighted by molar-refractivity contribution is -0.141. The molecule has 114 valence electrons. The predicted octanol–water partition coefficient (Wildman–Crippen LogP) is -1.85. The Morgan fingerprint density at radius 1 is 1.55 bits per heavy atom. The maximum absolute atomic E-state index is 12.3. The second kappa shape index (κ2) is 6.18. The molecule has 1 heterocycles. The number of nitrogens with one attached hydrogen (secondary N) is 1. The topological polar surface area (TPSA) is 130 Å². The zero-order valence-corrected chi connectivity index (χ0v) is 11.8. The van der Waals surface area contributed by atoms with Gasteiger partial charge in [0.15, 0.2) is 5.25 Å². The first-order chi connectivity index (χ1) is 9.21. The molecule has 1 rings (SSSR count). The van der Waals surface area contributed by atoms with Gasteiger partial charge in [0, 0.05) is 13.1 Å². The molecule has 0 radical (unpaired) electrons. The smallest absolute Gasteiger partial charge is 0.325 e. The van der Waals surface area contributed by atoms with Crippen LogP contribution in [-0.2, 0) is 29.1 Å². The Kier molecular flexibility index (Phi) is 5.06. The van der Waals surface area contributed by atoms with Crippen molar-refractivity contribution in [2.45, 2.75) is 24.6 Å². The summed E-state index contributed by atoms with van der Waals surface area (Å²) in [7, 11) is -3.12. The molecule has 0 aromatic carbocycles. The standard InChI is InChI=1S/C10H16N2O7S/c1-6(10(16)19-2)20(17,18)12-4-3-11-9(15)7(12)5-8(13)14/h6-7H,3-5H2,1-2H3,(H,11,15)(H,13,14). The van der Waals surface area contributed by atoms with Crippen LogP contribution in [0, 0.1) is 0 Å². The molecule has 2 N–H and O–H groups in total. The van der Waals surface area contributed by atoms with Gasteiger partial charge in [-0.15, -0.1) is 0 Å². The Hall–Kier alpha value is -1.68. The van der Waals surface area contributed by atoms with Gasteiger partial charge in [0.1, 0.15) is 6.04 Å². The van der Waals surface area contributed by atoms with E-state index in [4.69, 9.17) is 5.11 Å². The first kappa shape index (κ1) is 16.4. The van der Waals surface area contributed by atoms with Crippen molar-refractivity contribution in [2.24, 2.45) is 0 Å². The van der Waals surface area contributed by atoms with Crippen LogP contribution in [0.15, 0.2) is 0 Å². The molecule has 1 fully saturated rings. The molecular formula is C10H16N2O7S. The number of carboxylic acids is 1. The summed E-state index contributed by atoms with van der Waals surface area (Å²) in [4.78, 5) is 33.8. The van der Waals surface area contributed by atoms with Gasteiger partial charge < -0.3 is 15.2 Å². The minimum absolute atomic E-state index is 0.0576. The third-order valence-corrected chi connectivity index (χ3v) is 5.13. The number of esters is 1. The molecule has 0 saturated carbocycles. The number of carboxylic acid groups (broad SMARTS) is 1. The van der Waals surface area contributed by atoms with Crippen LogP contribution < -0.4 is 5.32 Å². The summed E-state index contributed by atoms with van der Waals surface area (Å²) >= 11 is 0. The zero-order valence-electron chi connectivity index (χ0n) is 11.0. The highest BCUT2D eigenvalue weighted by Gasteiger charge is 2.43. The first-order valence-electron chi connectivity index (χ1n) is 5.79. The molecule has 2 unspecified atom stereocenters. The molecule has 1 aliphatic heterocycles. The van der Waals surface area contributed by atoms with E-state index in [2.05, 4.69) is 10.1 Å². The van der Waals surface area contributed by atoms with Crippen molar-refractivity contribution in [2.75, 3.05) is 20.2 Å². The van der Waals surface area contributed by atoms with Crippen molar-refractivity contribution in [3.63, 3.8) is 0 Å². The molecule has 20 heavy (non-hydrogen) atoms. The molecule has 1 amide bonds. The molecule has 0 aromatic rings. The highest BCUT2D eigenvalue weighted by molar-refractivity contribution is 7.90. The summed E-state index contributed by atoms with van der Waals surface area (Å²) in [5.74, 6) is -2.97. The molecule has 0 spiro atoms. The molecule has 0 bridgehead atoms. The second-order valence-electron chi connectivity index (χ2n) is 4.23. The number of rotatable bonds is 5. The van der Waals surface area contributed by atoms with E-state index in [0.717, 1.165) is 18.3 Å². The Balaban J connectivity index is 3.09. The number of hydrogen-bond donors (Lipinski definition) is 2. The lowest BCUT2D eigenvalue weighted by Gasteiger charge is -2.34. The molecule has 1 aliphatic rings. The highest BCUT2D eigenvalue weighted by Crippen LogP contribution is 2.18. The normalized spacial score (nSPS) is 21.9. The Labute approximate surface area is 115 Å². The first-order valence-corrected chi connectivity index (χ1v) is 7.30. The number of carbonyl (C=O) groups is 3. The van der Waals surface area contributed by atoms with Crippen molar-refractivity contribution in [3.8, 4) is 0 Å². The predicted molar refractivity (Wildman–Crippen MR) is 66.2 cm³/mol. The number of methoxy groups -OCH3 is 1. The summed E-state index contributed by atoms with van der Waals surface area (Å²) in [6.45, 7) is 1.10. The average Bonchev–Trinajstić information content (AvgIpc) is 2.38. The van der Waals surface area contributed by atoms with Crippen LogP contribution in [0.2, 0.25) is 0 Å². The van der Waals surface area contributed by atoms with Crippen LogP contribution in [0.25, 0.3) is 0 Å². The summed E-state index contributed by atoms with van der Waals surface area (Å²) in [5, 5.41) is 9.66. The van der Waals surface area contributed by atoms with Gasteiger partial charge in [0.25, 0.3) is 0 Å². The Bertz CT molecular complexity index is 516. The van der Waals surface area contributed by atoms with E-state index in [1.54, 1.807) is 0 Å². The number of sulfonamides is 1. The van der Waals surface area contributed by atoms with Crippen molar-refractivity contribution >= 4 is 27.9 Å². The maximum Gasteiger partial charge on any atom is 0.325 e. The number of hydrogen-bond acceptors (Lipinski definition) is 6. The quantitative estimate of drug-likeness (QED) is 0.570. The van der Waals surface area contributed by atoms with Gasteiger partial charge >= 0.3 is 11.9 Å². The van der Waals surface area contributed by atoms with E-state index in [1.165, 1.54) is 0 Å². The van der Waals surface area contributed by atoms with Gasteiger partial charge in [-0.25, -0.2) is 8.42 Å². The van der Waals surface area contributed by atoms with Gasteiger partial charge in [-0.3, -0.25) is 14.4 Å². The van der Waals surface area contributed by atoms with E-state index < -0.39 is 45.6 Å². The minimum atomic E-state index is -4.17. The molecule has 10 heteroatoms. The average molecular weight is 308 g/mol. The van der Waals surface area contributed by atoms with Crippen molar-refractivity contribution < 1.29 is 32.6 Å². The third-order valence-electron chi connectivity index (χ3n) is 2.96. The van der Waals surface area contributed by atoms with Crippen LogP contribution >= 0.6 is 0 Å². The minimum Gasteiger partial charge on any atom is -0.481 e. The van der Waals surface area contributed by atoms with Crippen LogP contribution in [0.5, 0.6) is 0 Å². The van der Waals surface area contributed by atoms with Crippen LogP contribution in [0.1, 0.15) is 13.3 Å². The summed E-state index contributed by atoms with van der Waals surface area (Å²) in [5.41, 5.74) is 0. The fourth-order valence-electron chi connectivity index (χ4n) is 1.85. The van der Waals surface area contributed by atoms with Crippen molar-refractivity contribution in [1.29, 1.82) is 0 Å². The Morgan fingerprint density at radius 2 is 2.15 bits per heavy atom. The number of piperazine rings is 1. The molecule has 1 saturated heterocycles. The molecular weight excluding hydrogens is 292 g/mol.